The summed E-state index contributed by atoms with van der Waals surface area (Å²) in [6.07, 6.45) is 1.14. The van der Waals surface area contributed by atoms with Gasteiger partial charge in [-0.3, -0.25) is 9.52 Å². The molecule has 2 aromatic rings. The summed E-state index contributed by atoms with van der Waals surface area (Å²) in [4.78, 5) is 31.3. The van der Waals surface area contributed by atoms with Crippen LogP contribution in [0.3, 0.4) is 0 Å². The number of piperidine rings is 1. The standard InChI is InChI=1S/C24H26ClFN4O5S/c1-3-21-19(24(32)35-4-2)11-17(13-27)22(28-21)30-9-7-15(8-10-30)23(31)29-36(33,34)14-16-5-6-18(26)12-20(16)25/h5-6,11-12,15H,3-4,7-10,14H2,1-2H3,(H,29,31). The Hall–Kier alpha value is -3.23. The van der Waals surface area contributed by atoms with Gasteiger partial charge in [0.1, 0.15) is 17.7 Å². The van der Waals surface area contributed by atoms with Gasteiger partial charge in [0.2, 0.25) is 15.9 Å². The topological polar surface area (TPSA) is 129 Å². The van der Waals surface area contributed by atoms with Crippen molar-refractivity contribution in [2.24, 2.45) is 5.92 Å². The molecular weight excluding hydrogens is 511 g/mol. The Labute approximate surface area is 214 Å². The van der Waals surface area contributed by atoms with Gasteiger partial charge in [-0.15, -0.1) is 0 Å². The molecule has 1 aromatic heterocycles. The summed E-state index contributed by atoms with van der Waals surface area (Å²) >= 11 is 5.91. The summed E-state index contributed by atoms with van der Waals surface area (Å²) in [5.41, 5.74) is 1.16. The first-order valence-corrected chi connectivity index (χ1v) is 13.5. The Morgan fingerprint density at radius 3 is 2.56 bits per heavy atom. The molecule has 36 heavy (non-hydrogen) atoms. The fourth-order valence-corrected chi connectivity index (χ4v) is 5.51. The summed E-state index contributed by atoms with van der Waals surface area (Å²) in [6, 6.07) is 6.92. The van der Waals surface area contributed by atoms with Crippen molar-refractivity contribution in [3.05, 3.63) is 57.5 Å². The van der Waals surface area contributed by atoms with Gasteiger partial charge in [0.05, 0.1) is 29.2 Å². The number of rotatable bonds is 8. The summed E-state index contributed by atoms with van der Waals surface area (Å²) in [5.74, 6) is -2.46. The van der Waals surface area contributed by atoms with E-state index in [1.54, 1.807) is 6.92 Å². The predicted octanol–water partition coefficient (Wildman–Crippen LogP) is 3.35. The lowest BCUT2D eigenvalue weighted by Gasteiger charge is -2.33. The number of carbonyl (C=O) groups excluding carboxylic acids is 2. The van der Waals surface area contributed by atoms with Crippen molar-refractivity contribution in [2.75, 3.05) is 24.6 Å². The number of aryl methyl sites for hydroxylation is 1. The smallest absolute Gasteiger partial charge is 0.340 e. The molecule has 0 unspecified atom stereocenters. The van der Waals surface area contributed by atoms with E-state index >= 15 is 0 Å². The molecule has 2 heterocycles. The fraction of sp³-hybridized carbons (Fsp3) is 0.417. The van der Waals surface area contributed by atoms with Crippen molar-refractivity contribution in [2.45, 2.75) is 38.9 Å². The molecule has 0 aliphatic carbocycles. The van der Waals surface area contributed by atoms with E-state index < -0.39 is 39.4 Å². The molecule has 1 fully saturated rings. The van der Waals surface area contributed by atoms with Crippen LogP contribution in [0.15, 0.2) is 24.3 Å². The molecule has 0 atom stereocenters. The summed E-state index contributed by atoms with van der Waals surface area (Å²) in [7, 11) is -4.04. The molecule has 1 saturated heterocycles. The Kier molecular flexibility index (Phi) is 8.87. The van der Waals surface area contributed by atoms with Crippen molar-refractivity contribution in [1.29, 1.82) is 5.26 Å². The third-order valence-corrected chi connectivity index (χ3v) is 7.37. The second kappa shape index (κ2) is 11.7. The third-order valence-electron chi connectivity index (χ3n) is 5.81. The van der Waals surface area contributed by atoms with Crippen LogP contribution in [0.1, 0.15) is 53.9 Å². The zero-order chi connectivity index (χ0) is 26.5. The molecule has 192 valence electrons. The minimum absolute atomic E-state index is 0.0395. The molecule has 0 bridgehead atoms. The van der Waals surface area contributed by atoms with E-state index in [9.17, 15) is 27.7 Å². The maximum absolute atomic E-state index is 13.2. The molecule has 3 rings (SSSR count). The van der Waals surface area contributed by atoms with E-state index in [0.717, 1.165) is 12.1 Å². The Morgan fingerprint density at radius 1 is 1.28 bits per heavy atom. The van der Waals surface area contributed by atoms with Crippen LogP contribution < -0.4 is 9.62 Å². The Balaban J connectivity index is 1.68. The average Bonchev–Trinajstić information content (AvgIpc) is 2.84. The fourth-order valence-electron chi connectivity index (χ4n) is 3.99. The minimum atomic E-state index is -4.04. The highest BCUT2D eigenvalue weighted by molar-refractivity contribution is 7.89. The van der Waals surface area contributed by atoms with Gasteiger partial charge in [-0.2, -0.15) is 5.26 Å². The third kappa shape index (κ3) is 6.50. The first-order chi connectivity index (χ1) is 17.1. The predicted molar refractivity (Wildman–Crippen MR) is 131 cm³/mol. The van der Waals surface area contributed by atoms with Crippen LogP contribution in [-0.2, 0) is 31.7 Å². The number of hydrogen-bond acceptors (Lipinski definition) is 8. The number of anilines is 1. The van der Waals surface area contributed by atoms with Crippen LogP contribution in [-0.4, -0.2) is 45.0 Å². The lowest BCUT2D eigenvalue weighted by molar-refractivity contribution is -0.123. The summed E-state index contributed by atoms with van der Waals surface area (Å²) in [5, 5.41) is 9.60. The average molecular weight is 537 g/mol. The number of sulfonamides is 1. The van der Waals surface area contributed by atoms with Crippen LogP contribution in [0.25, 0.3) is 0 Å². The monoisotopic (exact) mass is 536 g/mol. The largest absolute Gasteiger partial charge is 0.462 e. The van der Waals surface area contributed by atoms with Gasteiger partial charge in [0.25, 0.3) is 0 Å². The summed E-state index contributed by atoms with van der Waals surface area (Å²) < 4.78 is 45.3. The number of pyridine rings is 1. The van der Waals surface area contributed by atoms with Gasteiger partial charge in [-0.25, -0.2) is 22.6 Å². The highest BCUT2D eigenvalue weighted by Gasteiger charge is 2.30. The number of hydrogen-bond donors (Lipinski definition) is 1. The van der Waals surface area contributed by atoms with E-state index in [1.165, 1.54) is 12.1 Å². The van der Waals surface area contributed by atoms with Crippen molar-refractivity contribution in [3.63, 3.8) is 0 Å². The van der Waals surface area contributed by atoms with Crippen LogP contribution in [0, 0.1) is 23.1 Å². The van der Waals surface area contributed by atoms with E-state index in [-0.39, 0.29) is 28.3 Å². The van der Waals surface area contributed by atoms with E-state index in [4.69, 9.17) is 16.3 Å². The maximum atomic E-state index is 13.2. The number of nitriles is 1. The SMILES string of the molecule is CCOC(=O)c1cc(C#N)c(N2CCC(C(=O)NS(=O)(=O)Cc3ccc(F)cc3Cl)CC2)nc1CC. The minimum Gasteiger partial charge on any atom is -0.462 e. The molecule has 0 spiro atoms. The van der Waals surface area contributed by atoms with Crippen molar-refractivity contribution >= 4 is 39.3 Å². The van der Waals surface area contributed by atoms with Gasteiger partial charge in [-0.1, -0.05) is 24.6 Å². The normalized spacial score (nSPS) is 14.2. The Morgan fingerprint density at radius 2 is 1.97 bits per heavy atom. The van der Waals surface area contributed by atoms with Crippen molar-refractivity contribution in [1.82, 2.24) is 9.71 Å². The van der Waals surface area contributed by atoms with Gasteiger partial charge < -0.3 is 9.64 Å². The van der Waals surface area contributed by atoms with Gasteiger partial charge >= 0.3 is 5.97 Å². The molecule has 0 radical (unpaired) electrons. The molecule has 1 amide bonds. The van der Waals surface area contributed by atoms with Crippen molar-refractivity contribution in [3.8, 4) is 6.07 Å². The maximum Gasteiger partial charge on any atom is 0.340 e. The molecule has 1 N–H and O–H groups in total. The zero-order valence-corrected chi connectivity index (χ0v) is 21.5. The van der Waals surface area contributed by atoms with E-state index in [2.05, 4.69) is 15.8 Å². The van der Waals surface area contributed by atoms with Crippen LogP contribution in [0.4, 0.5) is 10.2 Å². The highest BCUT2D eigenvalue weighted by Crippen LogP contribution is 2.27. The number of nitrogens with zero attached hydrogens (tertiary/aromatic N) is 3. The number of nitrogens with one attached hydrogen (secondary N) is 1. The lowest BCUT2D eigenvalue weighted by Crippen LogP contribution is -2.43. The number of amides is 1. The number of benzene rings is 1. The van der Waals surface area contributed by atoms with Gasteiger partial charge in [0.15, 0.2) is 0 Å². The summed E-state index contributed by atoms with van der Waals surface area (Å²) in [6.45, 7) is 4.47. The molecular formula is C24H26ClFN4O5S. The number of aromatic nitrogens is 1. The Bertz CT molecular complexity index is 1300. The lowest BCUT2D eigenvalue weighted by atomic mass is 9.96. The quantitative estimate of drug-likeness (QED) is 0.508. The first-order valence-electron chi connectivity index (χ1n) is 11.4. The molecule has 1 aromatic carbocycles. The molecule has 0 saturated carbocycles. The van der Waals surface area contributed by atoms with Crippen molar-refractivity contribution < 1.29 is 27.1 Å². The molecule has 12 heteroatoms. The molecule has 1 aliphatic rings. The van der Waals surface area contributed by atoms with Gasteiger partial charge in [-0.05, 0) is 49.9 Å². The van der Waals surface area contributed by atoms with Crippen LogP contribution in [0.5, 0.6) is 0 Å². The first kappa shape index (κ1) is 27.4. The van der Waals surface area contributed by atoms with Crippen LogP contribution >= 0.6 is 11.6 Å². The number of ether oxygens (including phenoxy) is 1. The second-order valence-corrected chi connectivity index (χ2v) is 10.4. The molecule has 1 aliphatic heterocycles. The van der Waals surface area contributed by atoms with Crippen LogP contribution in [0.2, 0.25) is 5.02 Å². The second-order valence-electron chi connectivity index (χ2n) is 8.26. The number of halogens is 2. The number of carbonyl (C=O) groups is 2. The zero-order valence-electron chi connectivity index (χ0n) is 19.9. The highest BCUT2D eigenvalue weighted by atomic mass is 35.5. The van der Waals surface area contributed by atoms with Gasteiger partial charge in [0, 0.05) is 24.0 Å². The molecule has 9 nitrogen and oxygen atoms in total. The van der Waals surface area contributed by atoms with E-state index in [0.29, 0.717) is 43.9 Å². The van der Waals surface area contributed by atoms with E-state index in [1.807, 2.05) is 11.8 Å². The number of esters is 1.